The second kappa shape index (κ2) is 8.70. The maximum Gasteiger partial charge on any atom is 0.405 e. The van der Waals surface area contributed by atoms with E-state index in [9.17, 15) is 9.59 Å². The first-order valence-corrected chi connectivity index (χ1v) is 8.67. The van der Waals surface area contributed by atoms with Crippen molar-refractivity contribution >= 4 is 33.6 Å². The van der Waals surface area contributed by atoms with Crippen molar-refractivity contribution in [2.45, 2.75) is 26.3 Å². The van der Waals surface area contributed by atoms with Crippen LogP contribution in [0.3, 0.4) is 0 Å². The minimum absolute atomic E-state index is 0.143. The van der Waals surface area contributed by atoms with E-state index in [1.807, 2.05) is 13.8 Å². The lowest BCUT2D eigenvalue weighted by Crippen LogP contribution is -2.44. The molecule has 1 unspecified atom stereocenters. The fourth-order valence-electron chi connectivity index (χ4n) is 2.43. The Morgan fingerprint density at radius 3 is 2.65 bits per heavy atom. The number of carboxylic acid groups (broad SMARTS) is 1. The molecule has 1 atom stereocenters. The first kappa shape index (κ1) is 19.8. The largest absolute Gasteiger partial charge is 0.496 e. The Bertz CT molecular complexity index is 777. The van der Waals surface area contributed by atoms with Crippen molar-refractivity contribution in [2.24, 2.45) is 5.92 Å². The molecular weight excluding hydrogens is 406 g/mol. The molecule has 9 heteroatoms. The summed E-state index contributed by atoms with van der Waals surface area (Å²) in [6.45, 7) is 3.82. The second-order valence-corrected chi connectivity index (χ2v) is 6.87. The van der Waals surface area contributed by atoms with Crippen LogP contribution < -0.4 is 15.4 Å². The lowest BCUT2D eigenvalue weighted by Gasteiger charge is -2.19. The predicted molar refractivity (Wildman–Crippen MR) is 99.2 cm³/mol. The van der Waals surface area contributed by atoms with Crippen LogP contribution in [0.15, 0.2) is 33.6 Å². The first-order valence-electron chi connectivity index (χ1n) is 7.88. The minimum Gasteiger partial charge on any atom is -0.496 e. The highest BCUT2D eigenvalue weighted by Crippen LogP contribution is 2.37. The minimum atomic E-state index is -1.25. The molecule has 1 heterocycles. The van der Waals surface area contributed by atoms with Crippen LogP contribution >= 0.6 is 15.9 Å². The average Bonchev–Trinajstić information content (AvgIpc) is 3.09. The predicted octanol–water partition coefficient (Wildman–Crippen LogP) is 3.73. The van der Waals surface area contributed by atoms with Gasteiger partial charge in [-0.05, 0) is 34.3 Å². The van der Waals surface area contributed by atoms with E-state index < -0.39 is 18.0 Å². The number of hydrogen-bond acceptors (Lipinski definition) is 5. The molecule has 0 saturated carbocycles. The highest BCUT2D eigenvalue weighted by molar-refractivity contribution is 9.10. The van der Waals surface area contributed by atoms with E-state index in [1.165, 1.54) is 13.5 Å². The number of benzene rings is 1. The molecule has 0 saturated heterocycles. The van der Waals surface area contributed by atoms with E-state index in [2.05, 4.69) is 31.5 Å². The van der Waals surface area contributed by atoms with E-state index in [-0.39, 0.29) is 5.92 Å². The Morgan fingerprint density at radius 2 is 2.12 bits per heavy atom. The third-order valence-electron chi connectivity index (χ3n) is 3.57. The number of nitrogens with zero attached hydrogens (tertiary/aromatic N) is 1. The Morgan fingerprint density at radius 1 is 1.38 bits per heavy atom. The number of rotatable bonds is 7. The zero-order chi connectivity index (χ0) is 19.3. The van der Waals surface area contributed by atoms with E-state index in [0.717, 1.165) is 0 Å². The van der Waals surface area contributed by atoms with Crippen molar-refractivity contribution in [3.63, 3.8) is 0 Å². The van der Waals surface area contributed by atoms with Gasteiger partial charge in [0.15, 0.2) is 12.2 Å². The maximum absolute atomic E-state index is 12.5. The number of halogens is 1. The van der Waals surface area contributed by atoms with Crippen molar-refractivity contribution in [1.29, 1.82) is 0 Å². The van der Waals surface area contributed by atoms with Gasteiger partial charge in [-0.3, -0.25) is 4.79 Å². The van der Waals surface area contributed by atoms with E-state index in [1.54, 1.807) is 18.3 Å². The molecule has 0 radical (unpaired) electrons. The molecule has 2 rings (SSSR count). The number of oxazole rings is 1. The van der Waals surface area contributed by atoms with Gasteiger partial charge in [-0.15, -0.1) is 0 Å². The molecule has 0 spiro atoms. The zero-order valence-electron chi connectivity index (χ0n) is 14.6. The summed E-state index contributed by atoms with van der Waals surface area (Å²) in [5.74, 6) is 0.693. The monoisotopic (exact) mass is 425 g/mol. The molecule has 0 fully saturated rings. The van der Waals surface area contributed by atoms with Gasteiger partial charge in [-0.2, -0.15) is 0 Å². The first-order chi connectivity index (χ1) is 12.3. The van der Waals surface area contributed by atoms with Crippen molar-refractivity contribution in [3.05, 3.63) is 29.2 Å². The van der Waals surface area contributed by atoms with Crippen LogP contribution in [0.25, 0.3) is 11.3 Å². The summed E-state index contributed by atoms with van der Waals surface area (Å²) in [5.41, 5.74) is 1.12. The standard InChI is InChI=1S/C17H20BrN3O5/c1-9(2)4-13(21-17(23)24)16(22)20-12-6-14(25-3)10(5-11(12)18)15-7-19-8-26-15/h5-9,13,21H,4H2,1-3H3,(H,20,22)(H,23,24). The molecular formula is C17H20BrN3O5. The van der Waals surface area contributed by atoms with Gasteiger partial charge in [-0.25, -0.2) is 9.78 Å². The molecule has 0 aliphatic rings. The molecule has 3 N–H and O–H groups in total. The van der Waals surface area contributed by atoms with Gasteiger partial charge in [0.25, 0.3) is 0 Å². The van der Waals surface area contributed by atoms with Gasteiger partial charge in [0.1, 0.15) is 11.8 Å². The van der Waals surface area contributed by atoms with Crippen LogP contribution in [-0.4, -0.2) is 35.2 Å². The van der Waals surface area contributed by atoms with E-state index in [0.29, 0.717) is 33.7 Å². The number of carbonyl (C=O) groups excluding carboxylic acids is 1. The van der Waals surface area contributed by atoms with Crippen molar-refractivity contribution < 1.29 is 23.8 Å². The van der Waals surface area contributed by atoms with E-state index in [4.69, 9.17) is 14.3 Å². The summed E-state index contributed by atoms with van der Waals surface area (Å²) in [5, 5.41) is 13.9. The molecule has 1 aromatic carbocycles. The fourth-order valence-corrected chi connectivity index (χ4v) is 2.87. The van der Waals surface area contributed by atoms with Crippen molar-refractivity contribution in [2.75, 3.05) is 12.4 Å². The summed E-state index contributed by atoms with van der Waals surface area (Å²) in [6.07, 6.45) is 2.00. The van der Waals surface area contributed by atoms with Gasteiger partial charge >= 0.3 is 6.09 Å². The van der Waals surface area contributed by atoms with Crippen LogP contribution in [-0.2, 0) is 4.79 Å². The van der Waals surface area contributed by atoms with E-state index >= 15 is 0 Å². The third kappa shape index (κ3) is 4.98. The summed E-state index contributed by atoms with van der Waals surface area (Å²) in [7, 11) is 1.50. The number of aromatic nitrogens is 1. The molecule has 8 nitrogen and oxygen atoms in total. The number of methoxy groups -OCH3 is 1. The molecule has 140 valence electrons. The van der Waals surface area contributed by atoms with Crippen LogP contribution in [0.1, 0.15) is 20.3 Å². The summed E-state index contributed by atoms with van der Waals surface area (Å²) in [6, 6.07) is 2.50. The summed E-state index contributed by atoms with van der Waals surface area (Å²) >= 11 is 3.41. The SMILES string of the molecule is COc1cc(NC(=O)C(CC(C)C)NC(=O)O)c(Br)cc1-c1cnco1. The highest BCUT2D eigenvalue weighted by atomic mass is 79.9. The Balaban J connectivity index is 2.27. The summed E-state index contributed by atoms with van der Waals surface area (Å²) < 4.78 is 11.2. The fraction of sp³-hybridized carbons (Fsp3) is 0.353. The highest BCUT2D eigenvalue weighted by Gasteiger charge is 2.23. The van der Waals surface area contributed by atoms with Crippen LogP contribution in [0, 0.1) is 5.92 Å². The second-order valence-electron chi connectivity index (χ2n) is 6.02. The number of hydrogen-bond donors (Lipinski definition) is 3. The number of carbonyl (C=O) groups is 2. The number of ether oxygens (including phenoxy) is 1. The molecule has 26 heavy (non-hydrogen) atoms. The van der Waals surface area contributed by atoms with Crippen LogP contribution in [0.4, 0.5) is 10.5 Å². The Kier molecular flexibility index (Phi) is 6.62. The van der Waals surface area contributed by atoms with Crippen LogP contribution in [0.5, 0.6) is 5.75 Å². The lowest BCUT2D eigenvalue weighted by molar-refractivity contribution is -0.118. The molecule has 1 aromatic heterocycles. The molecule has 0 aliphatic heterocycles. The number of anilines is 1. The Hall–Kier alpha value is -2.55. The zero-order valence-corrected chi connectivity index (χ0v) is 16.2. The van der Waals surface area contributed by atoms with Gasteiger partial charge in [0, 0.05) is 10.5 Å². The molecule has 2 aromatic rings. The lowest BCUT2D eigenvalue weighted by atomic mass is 10.0. The van der Waals surface area contributed by atoms with Crippen molar-refractivity contribution in [1.82, 2.24) is 10.3 Å². The Labute approximate surface area is 159 Å². The van der Waals surface area contributed by atoms with Gasteiger partial charge in [-0.1, -0.05) is 13.8 Å². The van der Waals surface area contributed by atoms with Crippen molar-refractivity contribution in [3.8, 4) is 17.1 Å². The van der Waals surface area contributed by atoms with Gasteiger partial charge < -0.3 is 24.9 Å². The molecule has 0 bridgehead atoms. The number of amides is 2. The smallest absolute Gasteiger partial charge is 0.405 e. The van der Waals surface area contributed by atoms with Gasteiger partial charge in [0.2, 0.25) is 5.91 Å². The third-order valence-corrected chi connectivity index (χ3v) is 4.22. The summed E-state index contributed by atoms with van der Waals surface area (Å²) in [4.78, 5) is 27.4. The topological polar surface area (TPSA) is 114 Å². The van der Waals surface area contributed by atoms with Gasteiger partial charge in [0.05, 0.1) is 24.6 Å². The molecule has 0 aliphatic carbocycles. The van der Waals surface area contributed by atoms with Crippen LogP contribution in [0.2, 0.25) is 0 Å². The quantitative estimate of drug-likeness (QED) is 0.622. The number of nitrogens with one attached hydrogen (secondary N) is 2. The maximum atomic E-state index is 12.5. The average molecular weight is 426 g/mol. The molecule has 2 amide bonds. The normalized spacial score (nSPS) is 11.9.